The zero-order valence-corrected chi connectivity index (χ0v) is 15.4. The van der Waals surface area contributed by atoms with Gasteiger partial charge in [0.1, 0.15) is 12.4 Å². The topological polar surface area (TPSA) is 44.8 Å². The van der Waals surface area contributed by atoms with E-state index < -0.39 is 0 Å². The highest BCUT2D eigenvalue weighted by Crippen LogP contribution is 2.16. The molecule has 5 nitrogen and oxygen atoms in total. The van der Waals surface area contributed by atoms with Crippen molar-refractivity contribution in [2.45, 2.75) is 13.5 Å². The summed E-state index contributed by atoms with van der Waals surface area (Å²) in [5.74, 6) is 0.859. The van der Waals surface area contributed by atoms with Gasteiger partial charge in [0.25, 0.3) is 0 Å². The molecule has 26 heavy (non-hydrogen) atoms. The lowest BCUT2D eigenvalue weighted by atomic mass is 10.2. The fraction of sp³-hybridized carbons (Fsp3) is 0.381. The number of piperazine rings is 1. The molecular formula is C21H27N3O2. The standard InChI is InChI=1S/C21H27N3O2/c1-18(25)22-17-19-7-9-21(10-8-19)26-16-15-23-11-13-24(14-12-23)20-5-3-2-4-6-20/h2-10H,11-17H2,1H3,(H,22,25). The van der Waals surface area contributed by atoms with E-state index in [1.807, 2.05) is 24.3 Å². The van der Waals surface area contributed by atoms with Gasteiger partial charge >= 0.3 is 0 Å². The summed E-state index contributed by atoms with van der Waals surface area (Å²) >= 11 is 0. The average molecular weight is 353 g/mol. The zero-order chi connectivity index (χ0) is 18.2. The molecule has 138 valence electrons. The maximum atomic E-state index is 10.9. The van der Waals surface area contributed by atoms with E-state index in [1.165, 1.54) is 12.6 Å². The molecule has 3 rings (SSSR count). The number of hydrogen-bond acceptors (Lipinski definition) is 4. The SMILES string of the molecule is CC(=O)NCc1ccc(OCCN2CCN(c3ccccc3)CC2)cc1. The van der Waals surface area contributed by atoms with Crippen molar-refractivity contribution in [2.24, 2.45) is 0 Å². The minimum absolute atomic E-state index is 0.0160. The molecule has 0 unspecified atom stereocenters. The molecule has 1 saturated heterocycles. The highest BCUT2D eigenvalue weighted by atomic mass is 16.5. The van der Waals surface area contributed by atoms with Crippen LogP contribution >= 0.6 is 0 Å². The van der Waals surface area contributed by atoms with Crippen LogP contribution in [0.25, 0.3) is 0 Å². The molecule has 1 N–H and O–H groups in total. The molecular weight excluding hydrogens is 326 g/mol. The number of amides is 1. The highest BCUT2D eigenvalue weighted by molar-refractivity contribution is 5.72. The smallest absolute Gasteiger partial charge is 0.217 e. The average Bonchev–Trinajstić information content (AvgIpc) is 2.68. The normalized spacial score (nSPS) is 14.9. The van der Waals surface area contributed by atoms with Crippen LogP contribution in [0.5, 0.6) is 5.75 Å². The van der Waals surface area contributed by atoms with Crippen molar-refractivity contribution in [1.82, 2.24) is 10.2 Å². The summed E-state index contributed by atoms with van der Waals surface area (Å²) in [5, 5.41) is 2.79. The summed E-state index contributed by atoms with van der Waals surface area (Å²) in [4.78, 5) is 15.8. The van der Waals surface area contributed by atoms with Crippen LogP contribution in [0.4, 0.5) is 5.69 Å². The van der Waals surface area contributed by atoms with Crippen molar-refractivity contribution in [1.29, 1.82) is 0 Å². The Hall–Kier alpha value is -2.53. The second kappa shape index (κ2) is 9.25. The van der Waals surface area contributed by atoms with E-state index in [2.05, 4.69) is 45.4 Å². The van der Waals surface area contributed by atoms with Crippen LogP contribution in [-0.4, -0.2) is 50.1 Å². The van der Waals surface area contributed by atoms with E-state index >= 15 is 0 Å². The molecule has 2 aromatic rings. The number of ether oxygens (including phenoxy) is 1. The van der Waals surface area contributed by atoms with Crippen molar-refractivity contribution < 1.29 is 9.53 Å². The lowest BCUT2D eigenvalue weighted by Crippen LogP contribution is -2.47. The summed E-state index contributed by atoms with van der Waals surface area (Å²) in [6.07, 6.45) is 0. The maximum absolute atomic E-state index is 10.9. The molecule has 0 bridgehead atoms. The molecule has 0 aromatic heterocycles. The van der Waals surface area contributed by atoms with Crippen molar-refractivity contribution in [3.05, 3.63) is 60.2 Å². The molecule has 1 fully saturated rings. The Morgan fingerprint density at radius 1 is 1.00 bits per heavy atom. The predicted octanol–water partition coefficient (Wildman–Crippen LogP) is 2.52. The molecule has 0 aliphatic carbocycles. The van der Waals surface area contributed by atoms with Gasteiger partial charge in [0, 0.05) is 51.9 Å². The van der Waals surface area contributed by atoms with Crippen molar-refractivity contribution in [3.63, 3.8) is 0 Å². The summed E-state index contributed by atoms with van der Waals surface area (Å²) in [6.45, 7) is 7.96. The van der Waals surface area contributed by atoms with Gasteiger partial charge in [-0.15, -0.1) is 0 Å². The number of nitrogens with zero attached hydrogens (tertiary/aromatic N) is 2. The monoisotopic (exact) mass is 353 g/mol. The summed E-state index contributed by atoms with van der Waals surface area (Å²) < 4.78 is 5.86. The first-order chi connectivity index (χ1) is 12.7. The van der Waals surface area contributed by atoms with Crippen LogP contribution in [0.15, 0.2) is 54.6 Å². The number of carbonyl (C=O) groups excluding carboxylic acids is 1. The fourth-order valence-corrected chi connectivity index (χ4v) is 3.09. The minimum atomic E-state index is -0.0160. The fourth-order valence-electron chi connectivity index (χ4n) is 3.09. The number of hydrogen-bond donors (Lipinski definition) is 1. The number of carbonyl (C=O) groups is 1. The first-order valence-corrected chi connectivity index (χ1v) is 9.19. The highest BCUT2D eigenvalue weighted by Gasteiger charge is 2.16. The lowest BCUT2D eigenvalue weighted by molar-refractivity contribution is -0.119. The van der Waals surface area contributed by atoms with Gasteiger partial charge in [-0.05, 0) is 29.8 Å². The first kappa shape index (κ1) is 18.3. The van der Waals surface area contributed by atoms with Gasteiger partial charge in [0.05, 0.1) is 0 Å². The Labute approximate surface area is 155 Å². The van der Waals surface area contributed by atoms with Crippen LogP contribution in [0.1, 0.15) is 12.5 Å². The van der Waals surface area contributed by atoms with Crippen molar-refractivity contribution in [2.75, 3.05) is 44.2 Å². The van der Waals surface area contributed by atoms with Gasteiger partial charge in [0.2, 0.25) is 5.91 Å². The third-order valence-electron chi connectivity index (χ3n) is 4.63. The largest absolute Gasteiger partial charge is 0.492 e. The zero-order valence-electron chi connectivity index (χ0n) is 15.4. The van der Waals surface area contributed by atoms with E-state index in [4.69, 9.17) is 4.74 Å². The molecule has 1 aliphatic rings. The Morgan fingerprint density at radius 2 is 1.69 bits per heavy atom. The Morgan fingerprint density at radius 3 is 2.35 bits per heavy atom. The number of rotatable bonds is 7. The Balaban J connectivity index is 1.36. The molecule has 0 saturated carbocycles. The summed E-state index contributed by atoms with van der Waals surface area (Å²) in [5.41, 5.74) is 2.38. The molecule has 5 heteroatoms. The van der Waals surface area contributed by atoms with Gasteiger partial charge < -0.3 is 15.0 Å². The van der Waals surface area contributed by atoms with Crippen LogP contribution in [0, 0.1) is 0 Å². The van der Waals surface area contributed by atoms with E-state index in [1.54, 1.807) is 0 Å². The number of para-hydroxylation sites is 1. The second-order valence-electron chi connectivity index (χ2n) is 6.57. The molecule has 0 radical (unpaired) electrons. The quantitative estimate of drug-likeness (QED) is 0.831. The van der Waals surface area contributed by atoms with Gasteiger partial charge in [-0.1, -0.05) is 30.3 Å². The van der Waals surface area contributed by atoms with E-state index in [0.29, 0.717) is 13.2 Å². The van der Waals surface area contributed by atoms with Gasteiger partial charge in [-0.25, -0.2) is 0 Å². The van der Waals surface area contributed by atoms with E-state index in [0.717, 1.165) is 44.0 Å². The summed E-state index contributed by atoms with van der Waals surface area (Å²) in [7, 11) is 0. The molecule has 0 atom stereocenters. The van der Waals surface area contributed by atoms with Crippen LogP contribution < -0.4 is 15.0 Å². The van der Waals surface area contributed by atoms with Gasteiger partial charge in [0.15, 0.2) is 0 Å². The summed E-state index contributed by atoms with van der Waals surface area (Å²) in [6, 6.07) is 18.5. The van der Waals surface area contributed by atoms with Gasteiger partial charge in [-0.3, -0.25) is 9.69 Å². The van der Waals surface area contributed by atoms with Crippen LogP contribution in [0.2, 0.25) is 0 Å². The van der Waals surface area contributed by atoms with Crippen molar-refractivity contribution in [3.8, 4) is 5.75 Å². The Bertz CT molecular complexity index is 680. The molecule has 0 spiro atoms. The van der Waals surface area contributed by atoms with E-state index in [9.17, 15) is 4.79 Å². The third-order valence-corrected chi connectivity index (χ3v) is 4.63. The number of benzene rings is 2. The van der Waals surface area contributed by atoms with Gasteiger partial charge in [-0.2, -0.15) is 0 Å². The molecule has 1 amide bonds. The Kier molecular flexibility index (Phi) is 6.50. The number of anilines is 1. The second-order valence-corrected chi connectivity index (χ2v) is 6.57. The molecule has 1 aliphatic heterocycles. The predicted molar refractivity (Wildman–Crippen MR) is 105 cm³/mol. The maximum Gasteiger partial charge on any atom is 0.217 e. The minimum Gasteiger partial charge on any atom is -0.492 e. The molecule has 1 heterocycles. The first-order valence-electron chi connectivity index (χ1n) is 9.19. The van der Waals surface area contributed by atoms with Crippen LogP contribution in [-0.2, 0) is 11.3 Å². The lowest BCUT2D eigenvalue weighted by Gasteiger charge is -2.36. The third kappa shape index (κ3) is 5.49. The molecule has 2 aromatic carbocycles. The van der Waals surface area contributed by atoms with Crippen molar-refractivity contribution >= 4 is 11.6 Å². The van der Waals surface area contributed by atoms with E-state index in [-0.39, 0.29) is 5.91 Å². The number of nitrogens with one attached hydrogen (secondary N) is 1. The van der Waals surface area contributed by atoms with Crippen LogP contribution in [0.3, 0.4) is 0 Å².